The molecular weight excluding hydrogens is 342 g/mol. The van der Waals surface area contributed by atoms with Crippen LogP contribution in [-0.4, -0.2) is 50.3 Å². The summed E-state index contributed by atoms with van der Waals surface area (Å²) in [5, 5.41) is 5.78. The number of carbonyl (C=O) groups is 1. The number of nitrogens with zero attached hydrogens (tertiary/aromatic N) is 1. The molecule has 1 atom stereocenters. The van der Waals surface area contributed by atoms with Gasteiger partial charge < -0.3 is 25.0 Å². The highest BCUT2D eigenvalue weighted by atomic mass is 16.6. The summed E-state index contributed by atoms with van der Waals surface area (Å²) < 4.78 is 11.0. The summed E-state index contributed by atoms with van der Waals surface area (Å²) in [5.74, 6) is 1.98. The molecule has 2 aliphatic heterocycles. The number of nitrogens with one attached hydrogen (secondary N) is 2. The topological polar surface area (TPSA) is 62.8 Å². The van der Waals surface area contributed by atoms with Crippen molar-refractivity contribution >= 4 is 11.7 Å². The van der Waals surface area contributed by atoms with Crippen LogP contribution in [0.5, 0.6) is 11.5 Å². The van der Waals surface area contributed by atoms with Gasteiger partial charge in [-0.3, -0.25) is 0 Å². The van der Waals surface area contributed by atoms with E-state index < -0.39 is 0 Å². The van der Waals surface area contributed by atoms with Crippen molar-refractivity contribution in [3.63, 3.8) is 0 Å². The first-order valence-corrected chi connectivity index (χ1v) is 9.50. The number of fused-ring (bicyclic) bond motifs is 1. The Hall–Kier alpha value is -2.73. The Morgan fingerprint density at radius 1 is 1.07 bits per heavy atom. The molecule has 2 aromatic rings. The smallest absolute Gasteiger partial charge is 0.319 e. The molecule has 142 valence electrons. The van der Waals surface area contributed by atoms with Gasteiger partial charge in [0.25, 0.3) is 0 Å². The van der Waals surface area contributed by atoms with E-state index in [1.54, 1.807) is 6.07 Å². The fourth-order valence-corrected chi connectivity index (χ4v) is 3.66. The third-order valence-electron chi connectivity index (χ3n) is 5.06. The van der Waals surface area contributed by atoms with Gasteiger partial charge >= 0.3 is 6.03 Å². The molecule has 0 bridgehead atoms. The average Bonchev–Trinajstić information content (AvgIpc) is 3.17. The average molecular weight is 367 g/mol. The lowest BCUT2D eigenvalue weighted by Crippen LogP contribution is -2.36. The zero-order chi connectivity index (χ0) is 18.5. The number of hydrogen-bond donors (Lipinski definition) is 2. The van der Waals surface area contributed by atoms with Crippen LogP contribution in [0.1, 0.15) is 17.9 Å². The molecule has 2 N–H and O–H groups in total. The first kappa shape index (κ1) is 17.7. The molecule has 0 spiro atoms. The summed E-state index contributed by atoms with van der Waals surface area (Å²) in [4.78, 5) is 14.5. The highest BCUT2D eigenvalue weighted by Gasteiger charge is 2.23. The number of anilines is 1. The van der Waals surface area contributed by atoms with Gasteiger partial charge in [0.05, 0.1) is 0 Å². The maximum absolute atomic E-state index is 12.1. The van der Waals surface area contributed by atoms with E-state index in [4.69, 9.17) is 9.47 Å². The zero-order valence-electron chi connectivity index (χ0n) is 15.3. The number of carbonyl (C=O) groups excluding carboxylic acids is 1. The standard InChI is InChI=1S/C21H25N3O3/c25-21(23-18-6-7-19-20(14-18)27-13-12-26-19)22-9-11-24-10-8-17(15-24)16-4-2-1-3-5-16/h1-7,14,17H,8-13,15H2,(H2,22,23,25)/t17-/m0/s1. The molecular formula is C21H25N3O3. The van der Waals surface area contributed by atoms with Gasteiger partial charge in [0.1, 0.15) is 13.2 Å². The second-order valence-electron chi connectivity index (χ2n) is 6.94. The van der Waals surface area contributed by atoms with Crippen LogP contribution in [0.3, 0.4) is 0 Å². The Labute approximate surface area is 159 Å². The lowest BCUT2D eigenvalue weighted by atomic mass is 9.99. The Morgan fingerprint density at radius 3 is 2.74 bits per heavy atom. The monoisotopic (exact) mass is 367 g/mol. The van der Waals surface area contributed by atoms with Crippen LogP contribution < -0.4 is 20.1 Å². The molecule has 27 heavy (non-hydrogen) atoms. The Morgan fingerprint density at radius 2 is 1.89 bits per heavy atom. The normalized spacial score (nSPS) is 18.9. The van der Waals surface area contributed by atoms with E-state index in [2.05, 4.69) is 45.9 Å². The molecule has 6 heteroatoms. The van der Waals surface area contributed by atoms with Crippen LogP contribution in [0.15, 0.2) is 48.5 Å². The predicted molar refractivity (Wildman–Crippen MR) is 105 cm³/mol. The van der Waals surface area contributed by atoms with Crippen LogP contribution >= 0.6 is 0 Å². The van der Waals surface area contributed by atoms with Crippen molar-refractivity contribution in [2.24, 2.45) is 0 Å². The largest absolute Gasteiger partial charge is 0.486 e. The van der Waals surface area contributed by atoms with E-state index in [-0.39, 0.29) is 6.03 Å². The zero-order valence-corrected chi connectivity index (χ0v) is 15.3. The Bertz CT molecular complexity index is 781. The van der Waals surface area contributed by atoms with Gasteiger partial charge in [-0.1, -0.05) is 30.3 Å². The highest BCUT2D eigenvalue weighted by molar-refractivity contribution is 5.89. The molecule has 2 aliphatic rings. The number of rotatable bonds is 5. The summed E-state index contributed by atoms with van der Waals surface area (Å²) in [6.07, 6.45) is 1.17. The first-order chi connectivity index (χ1) is 13.3. The van der Waals surface area contributed by atoms with Crippen molar-refractivity contribution in [1.29, 1.82) is 0 Å². The second kappa shape index (κ2) is 8.31. The summed E-state index contributed by atoms with van der Waals surface area (Å²) in [6.45, 7) is 4.70. The van der Waals surface area contributed by atoms with Gasteiger partial charge in [-0.2, -0.15) is 0 Å². The van der Waals surface area contributed by atoms with Gasteiger partial charge in [0.2, 0.25) is 0 Å². The van der Waals surface area contributed by atoms with Crippen molar-refractivity contribution in [1.82, 2.24) is 10.2 Å². The lowest BCUT2D eigenvalue weighted by molar-refractivity contribution is 0.171. The maximum Gasteiger partial charge on any atom is 0.319 e. The van der Waals surface area contributed by atoms with Gasteiger partial charge in [0.15, 0.2) is 11.5 Å². The van der Waals surface area contributed by atoms with E-state index in [1.165, 1.54) is 12.0 Å². The molecule has 2 heterocycles. The minimum absolute atomic E-state index is 0.203. The second-order valence-corrected chi connectivity index (χ2v) is 6.94. The molecule has 0 unspecified atom stereocenters. The minimum atomic E-state index is -0.203. The molecule has 2 amide bonds. The SMILES string of the molecule is O=C(NCCN1CC[C@H](c2ccccc2)C1)Nc1ccc2c(c1)OCCO2. The van der Waals surface area contributed by atoms with Crippen molar-refractivity contribution in [3.8, 4) is 11.5 Å². The Balaban J connectivity index is 1.20. The van der Waals surface area contributed by atoms with Crippen molar-refractivity contribution in [2.75, 3.05) is 44.7 Å². The van der Waals surface area contributed by atoms with Crippen molar-refractivity contribution < 1.29 is 14.3 Å². The minimum Gasteiger partial charge on any atom is -0.486 e. The highest BCUT2D eigenvalue weighted by Crippen LogP contribution is 2.32. The van der Waals surface area contributed by atoms with Crippen LogP contribution in [-0.2, 0) is 0 Å². The fraction of sp³-hybridized carbons (Fsp3) is 0.381. The predicted octanol–water partition coefficient (Wildman–Crippen LogP) is 3.07. The molecule has 1 saturated heterocycles. The van der Waals surface area contributed by atoms with Gasteiger partial charge in [-0.25, -0.2) is 4.79 Å². The fourth-order valence-electron chi connectivity index (χ4n) is 3.66. The summed E-state index contributed by atoms with van der Waals surface area (Å²) in [7, 11) is 0. The summed E-state index contributed by atoms with van der Waals surface area (Å²) in [6, 6.07) is 15.9. The van der Waals surface area contributed by atoms with Gasteiger partial charge in [-0.15, -0.1) is 0 Å². The van der Waals surface area contributed by atoms with E-state index in [0.29, 0.717) is 42.9 Å². The van der Waals surface area contributed by atoms with Gasteiger partial charge in [-0.05, 0) is 36.6 Å². The first-order valence-electron chi connectivity index (χ1n) is 9.50. The van der Waals surface area contributed by atoms with Crippen molar-refractivity contribution in [3.05, 3.63) is 54.1 Å². The number of ether oxygens (including phenoxy) is 2. The van der Waals surface area contributed by atoms with E-state index in [9.17, 15) is 4.79 Å². The quantitative estimate of drug-likeness (QED) is 0.853. The maximum atomic E-state index is 12.1. The van der Waals surface area contributed by atoms with Crippen LogP contribution in [0.2, 0.25) is 0 Å². The molecule has 0 aromatic heterocycles. The van der Waals surface area contributed by atoms with Gasteiger partial charge in [0, 0.05) is 31.4 Å². The number of hydrogen-bond acceptors (Lipinski definition) is 4. The molecule has 1 fully saturated rings. The molecule has 0 aliphatic carbocycles. The van der Waals surface area contributed by atoms with E-state index >= 15 is 0 Å². The van der Waals surface area contributed by atoms with Crippen LogP contribution in [0, 0.1) is 0 Å². The Kier molecular flexibility index (Phi) is 5.44. The van der Waals surface area contributed by atoms with E-state index in [1.807, 2.05) is 12.1 Å². The number of amides is 2. The molecule has 0 radical (unpaired) electrons. The molecule has 6 nitrogen and oxygen atoms in total. The summed E-state index contributed by atoms with van der Waals surface area (Å²) >= 11 is 0. The number of benzene rings is 2. The number of likely N-dealkylation sites (tertiary alicyclic amines) is 1. The molecule has 4 rings (SSSR count). The third kappa shape index (κ3) is 4.52. The summed E-state index contributed by atoms with van der Waals surface area (Å²) in [5.41, 5.74) is 2.10. The van der Waals surface area contributed by atoms with Crippen LogP contribution in [0.4, 0.5) is 10.5 Å². The third-order valence-corrected chi connectivity index (χ3v) is 5.06. The number of urea groups is 1. The van der Waals surface area contributed by atoms with Crippen LogP contribution in [0.25, 0.3) is 0 Å². The van der Waals surface area contributed by atoms with E-state index in [0.717, 1.165) is 19.6 Å². The lowest BCUT2D eigenvalue weighted by Gasteiger charge is -2.19. The molecule has 2 aromatic carbocycles. The molecule has 0 saturated carbocycles. The van der Waals surface area contributed by atoms with Crippen molar-refractivity contribution in [2.45, 2.75) is 12.3 Å².